The molecule has 0 saturated heterocycles. The maximum Gasteiger partial charge on any atom is 0.311 e. The molecule has 5 heteroatoms. The third kappa shape index (κ3) is 3.32. The predicted octanol–water partition coefficient (Wildman–Crippen LogP) is 1.66. The maximum absolute atomic E-state index is 11.9. The Balaban J connectivity index is 1.86. The zero-order valence-electron chi connectivity index (χ0n) is 12.3. The molecule has 2 fully saturated rings. The Hall–Kier alpha value is -1.10. The summed E-state index contributed by atoms with van der Waals surface area (Å²) in [6.45, 7) is 2.39. The second kappa shape index (κ2) is 5.72. The minimum Gasteiger partial charge on any atom is -0.481 e. The number of nitrogens with one attached hydrogen (secondary N) is 1. The van der Waals surface area contributed by atoms with Crippen LogP contribution in [-0.4, -0.2) is 29.1 Å². The zero-order valence-corrected chi connectivity index (χ0v) is 12.3. The summed E-state index contributed by atoms with van der Waals surface area (Å²) in [5.41, 5.74) is 4.93. The minimum atomic E-state index is -0.782. The van der Waals surface area contributed by atoms with Crippen LogP contribution in [0.1, 0.15) is 58.3 Å². The van der Waals surface area contributed by atoms with E-state index in [0.29, 0.717) is 25.2 Å². The van der Waals surface area contributed by atoms with E-state index in [1.165, 1.54) is 0 Å². The standard InChI is InChI=1S/C15H26N2O3/c1-11-3-7-14(8-4-11,13(19)20)10-17-12(18)9-15(16)5-2-6-15/h11H,2-10,16H2,1H3,(H,17,18)(H,19,20). The van der Waals surface area contributed by atoms with Gasteiger partial charge in [0.2, 0.25) is 5.91 Å². The molecule has 2 aliphatic carbocycles. The van der Waals surface area contributed by atoms with Crippen LogP contribution >= 0.6 is 0 Å². The number of carboxylic acid groups (broad SMARTS) is 1. The smallest absolute Gasteiger partial charge is 0.311 e. The van der Waals surface area contributed by atoms with Gasteiger partial charge in [0.1, 0.15) is 0 Å². The average Bonchev–Trinajstić information content (AvgIpc) is 2.36. The fourth-order valence-electron chi connectivity index (χ4n) is 3.24. The molecule has 0 spiro atoms. The fraction of sp³-hybridized carbons (Fsp3) is 0.867. The van der Waals surface area contributed by atoms with E-state index in [1.807, 2.05) is 0 Å². The fourth-order valence-corrected chi connectivity index (χ4v) is 3.24. The van der Waals surface area contributed by atoms with E-state index in [4.69, 9.17) is 5.73 Å². The van der Waals surface area contributed by atoms with Crippen LogP contribution in [0.25, 0.3) is 0 Å². The number of carbonyl (C=O) groups is 2. The molecule has 2 rings (SSSR count). The molecule has 0 radical (unpaired) electrons. The molecule has 4 N–H and O–H groups in total. The Morgan fingerprint density at radius 3 is 2.30 bits per heavy atom. The van der Waals surface area contributed by atoms with Crippen molar-refractivity contribution in [3.8, 4) is 0 Å². The van der Waals surface area contributed by atoms with E-state index in [1.54, 1.807) is 0 Å². The molecular weight excluding hydrogens is 256 g/mol. The molecule has 2 saturated carbocycles. The Morgan fingerprint density at radius 2 is 1.85 bits per heavy atom. The Labute approximate surface area is 120 Å². The van der Waals surface area contributed by atoms with Gasteiger partial charge in [0.05, 0.1) is 5.41 Å². The van der Waals surface area contributed by atoms with Crippen molar-refractivity contribution in [2.24, 2.45) is 17.1 Å². The highest BCUT2D eigenvalue weighted by Crippen LogP contribution is 2.39. The van der Waals surface area contributed by atoms with Gasteiger partial charge >= 0.3 is 5.97 Å². The molecule has 0 aromatic carbocycles. The summed E-state index contributed by atoms with van der Waals surface area (Å²) in [6, 6.07) is 0. The molecule has 2 aliphatic rings. The van der Waals surface area contributed by atoms with Crippen LogP contribution in [0, 0.1) is 11.3 Å². The monoisotopic (exact) mass is 282 g/mol. The van der Waals surface area contributed by atoms with Gasteiger partial charge in [-0.1, -0.05) is 6.92 Å². The number of aliphatic carboxylic acids is 1. The van der Waals surface area contributed by atoms with E-state index < -0.39 is 11.4 Å². The minimum absolute atomic E-state index is 0.105. The average molecular weight is 282 g/mol. The summed E-state index contributed by atoms with van der Waals surface area (Å²) in [7, 11) is 0. The molecular formula is C15H26N2O3. The molecule has 0 aromatic heterocycles. The second-order valence-corrected chi connectivity index (χ2v) is 6.94. The number of carboxylic acids is 1. The summed E-state index contributed by atoms with van der Waals surface area (Å²) in [5.74, 6) is -0.303. The number of hydrogen-bond acceptors (Lipinski definition) is 3. The molecule has 20 heavy (non-hydrogen) atoms. The first kappa shape index (κ1) is 15.3. The van der Waals surface area contributed by atoms with Crippen molar-refractivity contribution in [3.05, 3.63) is 0 Å². The van der Waals surface area contributed by atoms with Crippen molar-refractivity contribution in [2.45, 2.75) is 63.8 Å². The van der Waals surface area contributed by atoms with Crippen LogP contribution < -0.4 is 11.1 Å². The van der Waals surface area contributed by atoms with Gasteiger partial charge in [-0.15, -0.1) is 0 Å². The molecule has 0 aliphatic heterocycles. The molecule has 0 unspecified atom stereocenters. The largest absolute Gasteiger partial charge is 0.481 e. The lowest BCUT2D eigenvalue weighted by Crippen LogP contribution is -2.51. The Kier molecular flexibility index (Phi) is 4.37. The van der Waals surface area contributed by atoms with Crippen molar-refractivity contribution in [1.82, 2.24) is 5.32 Å². The molecule has 5 nitrogen and oxygen atoms in total. The normalized spacial score (nSPS) is 32.2. The molecule has 0 heterocycles. The van der Waals surface area contributed by atoms with Crippen LogP contribution in [0.4, 0.5) is 0 Å². The highest BCUT2D eigenvalue weighted by Gasteiger charge is 2.42. The van der Waals surface area contributed by atoms with Crippen LogP contribution in [0.15, 0.2) is 0 Å². The highest BCUT2D eigenvalue weighted by atomic mass is 16.4. The lowest BCUT2D eigenvalue weighted by molar-refractivity contribution is -0.151. The number of amides is 1. The maximum atomic E-state index is 11.9. The van der Waals surface area contributed by atoms with Gasteiger partial charge in [-0.3, -0.25) is 9.59 Å². The van der Waals surface area contributed by atoms with Gasteiger partial charge < -0.3 is 16.2 Å². The van der Waals surface area contributed by atoms with Crippen molar-refractivity contribution in [3.63, 3.8) is 0 Å². The van der Waals surface area contributed by atoms with Crippen molar-refractivity contribution >= 4 is 11.9 Å². The van der Waals surface area contributed by atoms with Gasteiger partial charge in [-0.2, -0.15) is 0 Å². The lowest BCUT2D eigenvalue weighted by atomic mass is 9.70. The van der Waals surface area contributed by atoms with Gasteiger partial charge in [0, 0.05) is 18.5 Å². The van der Waals surface area contributed by atoms with Crippen molar-refractivity contribution in [1.29, 1.82) is 0 Å². The predicted molar refractivity (Wildman–Crippen MR) is 76.1 cm³/mol. The summed E-state index contributed by atoms with van der Waals surface area (Å²) >= 11 is 0. The first-order chi connectivity index (χ1) is 9.35. The second-order valence-electron chi connectivity index (χ2n) is 6.94. The van der Waals surface area contributed by atoms with E-state index in [2.05, 4.69) is 12.2 Å². The first-order valence-corrected chi connectivity index (χ1v) is 7.64. The number of carbonyl (C=O) groups excluding carboxylic acids is 1. The van der Waals surface area contributed by atoms with Gasteiger partial charge in [0.15, 0.2) is 0 Å². The van der Waals surface area contributed by atoms with Crippen LogP contribution in [0.5, 0.6) is 0 Å². The molecule has 0 aromatic rings. The van der Waals surface area contributed by atoms with E-state index in [9.17, 15) is 14.7 Å². The third-order valence-electron chi connectivity index (χ3n) is 5.17. The van der Waals surface area contributed by atoms with E-state index in [0.717, 1.165) is 32.1 Å². The highest BCUT2D eigenvalue weighted by molar-refractivity contribution is 5.80. The lowest BCUT2D eigenvalue weighted by Gasteiger charge is -2.38. The molecule has 0 bridgehead atoms. The van der Waals surface area contributed by atoms with Crippen molar-refractivity contribution in [2.75, 3.05) is 6.54 Å². The number of hydrogen-bond donors (Lipinski definition) is 3. The molecule has 1 amide bonds. The quantitative estimate of drug-likeness (QED) is 0.715. The van der Waals surface area contributed by atoms with Crippen LogP contribution in [0.2, 0.25) is 0 Å². The van der Waals surface area contributed by atoms with E-state index in [-0.39, 0.29) is 18.0 Å². The van der Waals surface area contributed by atoms with Crippen LogP contribution in [0.3, 0.4) is 0 Å². The SMILES string of the molecule is CC1CCC(CNC(=O)CC2(N)CCC2)(C(=O)O)CC1. The van der Waals surface area contributed by atoms with Gasteiger partial charge in [0.25, 0.3) is 0 Å². The number of nitrogens with two attached hydrogens (primary N) is 1. The Bertz CT molecular complexity index is 383. The summed E-state index contributed by atoms with van der Waals surface area (Å²) in [6.07, 6.45) is 6.32. The van der Waals surface area contributed by atoms with Gasteiger partial charge in [-0.25, -0.2) is 0 Å². The third-order valence-corrected chi connectivity index (χ3v) is 5.17. The summed E-state index contributed by atoms with van der Waals surface area (Å²) in [5, 5.41) is 12.3. The summed E-state index contributed by atoms with van der Waals surface area (Å²) < 4.78 is 0. The van der Waals surface area contributed by atoms with Crippen molar-refractivity contribution < 1.29 is 14.7 Å². The topological polar surface area (TPSA) is 92.4 Å². The zero-order chi connectivity index (χ0) is 14.8. The molecule has 0 atom stereocenters. The number of rotatable bonds is 5. The Morgan fingerprint density at radius 1 is 1.25 bits per heavy atom. The van der Waals surface area contributed by atoms with E-state index >= 15 is 0 Å². The van der Waals surface area contributed by atoms with Crippen LogP contribution in [-0.2, 0) is 9.59 Å². The first-order valence-electron chi connectivity index (χ1n) is 7.64. The summed E-state index contributed by atoms with van der Waals surface area (Å²) in [4.78, 5) is 23.5. The van der Waals surface area contributed by atoms with Gasteiger partial charge in [-0.05, 0) is 50.9 Å². The molecule has 114 valence electrons.